The summed E-state index contributed by atoms with van der Waals surface area (Å²) in [6.45, 7) is 6.17. The number of aryl methyl sites for hydroxylation is 2. The Bertz CT molecular complexity index is 905. The third-order valence-corrected chi connectivity index (χ3v) is 5.14. The number of hydrogen-bond acceptors (Lipinski definition) is 5. The molecule has 0 aliphatic heterocycles. The lowest BCUT2D eigenvalue weighted by molar-refractivity contribution is 0.856. The Balaban J connectivity index is 2.28. The second-order valence-corrected chi connectivity index (χ2v) is 7.21. The Labute approximate surface area is 158 Å². The van der Waals surface area contributed by atoms with Crippen LogP contribution in [0.15, 0.2) is 47.9 Å². The summed E-state index contributed by atoms with van der Waals surface area (Å²) in [5, 5.41) is 18.6. The van der Waals surface area contributed by atoms with Gasteiger partial charge in [-0.1, -0.05) is 43.8 Å². The van der Waals surface area contributed by atoms with Crippen LogP contribution in [0.1, 0.15) is 31.9 Å². The Morgan fingerprint density at radius 2 is 1.85 bits per heavy atom. The van der Waals surface area contributed by atoms with Crippen molar-refractivity contribution in [1.82, 2.24) is 19.7 Å². The maximum atomic E-state index is 9.24. The van der Waals surface area contributed by atoms with Crippen LogP contribution in [0.3, 0.4) is 0 Å². The van der Waals surface area contributed by atoms with Gasteiger partial charge in [0.25, 0.3) is 0 Å². The van der Waals surface area contributed by atoms with E-state index < -0.39 is 0 Å². The van der Waals surface area contributed by atoms with Gasteiger partial charge in [0.2, 0.25) is 0 Å². The molecule has 1 aromatic carbocycles. The Hall–Kier alpha value is -2.65. The molecule has 5 nitrogen and oxygen atoms in total. The first kappa shape index (κ1) is 18.2. The van der Waals surface area contributed by atoms with E-state index in [2.05, 4.69) is 57.9 Å². The SMILES string of the molecule is CCc1cccc(CC)c1-n1c(S[C@H](C)C#N)nnc1-c1cccnc1. The van der Waals surface area contributed by atoms with Crippen molar-refractivity contribution in [3.05, 3.63) is 53.9 Å². The number of aromatic nitrogens is 4. The van der Waals surface area contributed by atoms with Crippen molar-refractivity contribution in [3.8, 4) is 23.1 Å². The van der Waals surface area contributed by atoms with Gasteiger partial charge in [-0.2, -0.15) is 5.26 Å². The van der Waals surface area contributed by atoms with E-state index in [1.54, 1.807) is 12.4 Å². The normalized spacial score (nSPS) is 11.9. The molecule has 1 atom stereocenters. The fraction of sp³-hybridized carbons (Fsp3) is 0.300. The molecule has 3 aromatic rings. The van der Waals surface area contributed by atoms with Gasteiger partial charge in [-0.05, 0) is 43.0 Å². The zero-order valence-corrected chi connectivity index (χ0v) is 16.0. The fourth-order valence-electron chi connectivity index (χ4n) is 2.92. The first-order chi connectivity index (χ1) is 12.7. The number of para-hydroxylation sites is 1. The highest BCUT2D eigenvalue weighted by atomic mass is 32.2. The summed E-state index contributed by atoms with van der Waals surface area (Å²) in [6.07, 6.45) is 5.36. The summed E-state index contributed by atoms with van der Waals surface area (Å²) in [5.74, 6) is 0.751. The molecule has 0 radical (unpaired) electrons. The summed E-state index contributed by atoms with van der Waals surface area (Å²) in [6, 6.07) is 12.5. The van der Waals surface area contributed by atoms with Crippen LogP contribution in [0.5, 0.6) is 0 Å². The first-order valence-electron chi connectivity index (χ1n) is 8.72. The van der Waals surface area contributed by atoms with E-state index in [9.17, 15) is 5.26 Å². The average Bonchev–Trinajstić information content (AvgIpc) is 3.10. The molecule has 2 aromatic heterocycles. The Morgan fingerprint density at radius 1 is 1.12 bits per heavy atom. The summed E-state index contributed by atoms with van der Waals surface area (Å²) in [5.41, 5.74) is 4.50. The minimum absolute atomic E-state index is 0.210. The van der Waals surface area contributed by atoms with Crippen LogP contribution in [0.4, 0.5) is 0 Å². The van der Waals surface area contributed by atoms with Gasteiger partial charge in [-0.25, -0.2) is 0 Å². The fourth-order valence-corrected chi connectivity index (χ4v) is 3.66. The molecule has 132 valence electrons. The molecule has 0 spiro atoms. The molecule has 0 N–H and O–H groups in total. The molecule has 0 aliphatic carbocycles. The zero-order chi connectivity index (χ0) is 18.5. The molecule has 6 heteroatoms. The molecule has 0 amide bonds. The lowest BCUT2D eigenvalue weighted by Gasteiger charge is -2.18. The predicted octanol–water partition coefficient (Wildman–Crippen LogP) is 4.46. The second-order valence-electron chi connectivity index (χ2n) is 5.90. The molecule has 0 aliphatic rings. The molecular weight excluding hydrogens is 342 g/mol. The van der Waals surface area contributed by atoms with Gasteiger partial charge in [0, 0.05) is 18.0 Å². The van der Waals surface area contributed by atoms with E-state index in [1.807, 2.05) is 19.1 Å². The van der Waals surface area contributed by atoms with Gasteiger partial charge in [-0.3, -0.25) is 9.55 Å². The van der Waals surface area contributed by atoms with Gasteiger partial charge in [-0.15, -0.1) is 10.2 Å². The molecular formula is C20H21N5S. The van der Waals surface area contributed by atoms with Crippen molar-refractivity contribution in [2.24, 2.45) is 0 Å². The van der Waals surface area contributed by atoms with E-state index in [4.69, 9.17) is 0 Å². The summed E-state index contributed by atoms with van der Waals surface area (Å²) in [4.78, 5) is 4.23. The zero-order valence-electron chi connectivity index (χ0n) is 15.2. The van der Waals surface area contributed by atoms with E-state index in [0.717, 1.165) is 35.1 Å². The van der Waals surface area contributed by atoms with E-state index >= 15 is 0 Å². The number of hydrogen-bond donors (Lipinski definition) is 0. The largest absolute Gasteiger partial charge is 0.269 e. The van der Waals surface area contributed by atoms with Crippen LogP contribution < -0.4 is 0 Å². The lowest BCUT2D eigenvalue weighted by atomic mass is 10.0. The number of nitrogens with zero attached hydrogens (tertiary/aromatic N) is 5. The smallest absolute Gasteiger partial charge is 0.197 e. The monoisotopic (exact) mass is 363 g/mol. The summed E-state index contributed by atoms with van der Waals surface area (Å²) in [7, 11) is 0. The first-order valence-corrected chi connectivity index (χ1v) is 9.60. The van der Waals surface area contributed by atoms with Crippen LogP contribution in [0.2, 0.25) is 0 Å². The van der Waals surface area contributed by atoms with Gasteiger partial charge in [0.05, 0.1) is 17.0 Å². The van der Waals surface area contributed by atoms with Crippen molar-refractivity contribution in [2.75, 3.05) is 0 Å². The molecule has 0 bridgehead atoms. The highest BCUT2D eigenvalue weighted by Gasteiger charge is 2.21. The predicted molar refractivity (Wildman–Crippen MR) is 104 cm³/mol. The number of benzene rings is 1. The third kappa shape index (κ3) is 3.49. The van der Waals surface area contributed by atoms with E-state index in [1.165, 1.54) is 22.9 Å². The van der Waals surface area contributed by atoms with Gasteiger partial charge in [0.15, 0.2) is 11.0 Å². The van der Waals surface area contributed by atoms with E-state index in [-0.39, 0.29) is 5.25 Å². The third-order valence-electron chi connectivity index (χ3n) is 4.21. The molecule has 0 saturated heterocycles. The van der Waals surface area contributed by atoms with Crippen LogP contribution in [0.25, 0.3) is 17.1 Å². The average molecular weight is 363 g/mol. The van der Waals surface area contributed by atoms with Crippen LogP contribution in [-0.2, 0) is 12.8 Å². The number of nitriles is 1. The second kappa shape index (κ2) is 8.15. The van der Waals surface area contributed by atoms with Crippen LogP contribution in [0, 0.1) is 11.3 Å². The van der Waals surface area contributed by atoms with Crippen LogP contribution >= 0.6 is 11.8 Å². The molecule has 3 rings (SSSR count). The van der Waals surface area contributed by atoms with Crippen molar-refractivity contribution in [2.45, 2.75) is 44.0 Å². The molecule has 26 heavy (non-hydrogen) atoms. The quantitative estimate of drug-likeness (QED) is 0.605. The number of thioether (sulfide) groups is 1. The minimum Gasteiger partial charge on any atom is -0.269 e. The molecule has 0 saturated carbocycles. The Morgan fingerprint density at radius 3 is 2.42 bits per heavy atom. The van der Waals surface area contributed by atoms with Gasteiger partial charge in [0.1, 0.15) is 0 Å². The lowest BCUT2D eigenvalue weighted by Crippen LogP contribution is -2.08. The van der Waals surface area contributed by atoms with Crippen molar-refractivity contribution in [1.29, 1.82) is 5.26 Å². The topological polar surface area (TPSA) is 67.4 Å². The Kier molecular flexibility index (Phi) is 5.69. The summed E-state index contributed by atoms with van der Waals surface area (Å²) >= 11 is 1.43. The van der Waals surface area contributed by atoms with Crippen molar-refractivity contribution < 1.29 is 0 Å². The van der Waals surface area contributed by atoms with Crippen LogP contribution in [-0.4, -0.2) is 25.0 Å². The van der Waals surface area contributed by atoms with Crippen molar-refractivity contribution >= 4 is 11.8 Å². The number of pyridine rings is 1. The highest BCUT2D eigenvalue weighted by molar-refractivity contribution is 8.00. The van der Waals surface area contributed by atoms with Gasteiger partial charge >= 0.3 is 0 Å². The standard InChI is InChI=1S/C20H21N5S/c1-4-15-8-6-9-16(5-2)18(15)25-19(17-10-7-11-22-13-17)23-24-20(25)26-14(3)12-21/h6-11,13-14H,4-5H2,1-3H3/t14-/m1/s1. The molecule has 0 fully saturated rings. The molecule has 0 unspecified atom stereocenters. The van der Waals surface area contributed by atoms with E-state index in [0.29, 0.717) is 0 Å². The minimum atomic E-state index is -0.210. The number of rotatable bonds is 6. The molecule has 2 heterocycles. The maximum Gasteiger partial charge on any atom is 0.197 e. The van der Waals surface area contributed by atoms with Crippen molar-refractivity contribution in [3.63, 3.8) is 0 Å². The summed E-state index contributed by atoms with van der Waals surface area (Å²) < 4.78 is 2.09. The highest BCUT2D eigenvalue weighted by Crippen LogP contribution is 2.33. The maximum absolute atomic E-state index is 9.24. The van der Waals surface area contributed by atoms with Gasteiger partial charge < -0.3 is 0 Å².